The summed E-state index contributed by atoms with van der Waals surface area (Å²) < 4.78 is 12.2. The Labute approximate surface area is 102 Å². The maximum atomic E-state index is 5.44. The van der Waals surface area contributed by atoms with Crippen molar-refractivity contribution in [2.24, 2.45) is 5.73 Å². The van der Waals surface area contributed by atoms with Crippen molar-refractivity contribution in [1.82, 2.24) is 15.0 Å². The van der Waals surface area contributed by atoms with Gasteiger partial charge in [0.15, 0.2) is 0 Å². The first-order valence-corrected chi connectivity index (χ1v) is 6.02. The molecule has 0 atom stereocenters. The fourth-order valence-corrected chi connectivity index (χ4v) is 1.41. The van der Waals surface area contributed by atoms with E-state index in [1.54, 1.807) is 7.11 Å². The minimum Gasteiger partial charge on any atom is -0.385 e. The Morgan fingerprint density at radius 1 is 1.29 bits per heavy atom. The summed E-state index contributed by atoms with van der Waals surface area (Å²) in [5.74, 6) is 0. The minimum absolute atomic E-state index is 0.656. The van der Waals surface area contributed by atoms with Gasteiger partial charge in [0, 0.05) is 26.5 Å². The van der Waals surface area contributed by atoms with Crippen LogP contribution in [0.5, 0.6) is 0 Å². The van der Waals surface area contributed by atoms with Crippen LogP contribution in [0.1, 0.15) is 18.5 Å². The van der Waals surface area contributed by atoms with Crippen LogP contribution in [-0.2, 0) is 22.4 Å². The molecule has 0 aliphatic carbocycles. The van der Waals surface area contributed by atoms with Crippen molar-refractivity contribution in [2.45, 2.75) is 25.8 Å². The quantitative estimate of drug-likeness (QED) is 0.594. The third-order valence-corrected chi connectivity index (χ3v) is 2.32. The molecule has 0 bridgehead atoms. The summed E-state index contributed by atoms with van der Waals surface area (Å²) in [5.41, 5.74) is 6.43. The van der Waals surface area contributed by atoms with Crippen molar-refractivity contribution >= 4 is 0 Å². The molecule has 0 spiro atoms. The van der Waals surface area contributed by atoms with E-state index in [-0.39, 0.29) is 0 Å². The summed E-state index contributed by atoms with van der Waals surface area (Å²) >= 11 is 0. The van der Waals surface area contributed by atoms with Crippen molar-refractivity contribution in [3.8, 4) is 0 Å². The highest BCUT2D eigenvalue weighted by atomic mass is 16.5. The number of rotatable bonds is 10. The van der Waals surface area contributed by atoms with Crippen molar-refractivity contribution < 1.29 is 9.47 Å². The first-order chi connectivity index (χ1) is 8.36. The third-order valence-electron chi connectivity index (χ3n) is 2.32. The van der Waals surface area contributed by atoms with Crippen LogP contribution in [0.3, 0.4) is 0 Å². The molecule has 0 fully saturated rings. The molecule has 0 saturated heterocycles. The van der Waals surface area contributed by atoms with E-state index in [0.717, 1.165) is 44.7 Å². The molecule has 0 aliphatic heterocycles. The van der Waals surface area contributed by atoms with Crippen molar-refractivity contribution in [2.75, 3.05) is 33.5 Å². The number of nitrogens with two attached hydrogens (primary N) is 1. The molecule has 17 heavy (non-hydrogen) atoms. The van der Waals surface area contributed by atoms with Gasteiger partial charge in [0.2, 0.25) is 0 Å². The first kappa shape index (κ1) is 14.1. The van der Waals surface area contributed by atoms with Crippen LogP contribution in [0.2, 0.25) is 0 Å². The molecular formula is C11H22N4O2. The average Bonchev–Trinajstić information content (AvgIpc) is 2.79. The number of aromatic nitrogens is 3. The van der Waals surface area contributed by atoms with Crippen molar-refractivity contribution in [3.63, 3.8) is 0 Å². The second-order valence-electron chi connectivity index (χ2n) is 3.82. The highest BCUT2D eigenvalue weighted by Crippen LogP contribution is 1.97. The zero-order valence-electron chi connectivity index (χ0n) is 10.5. The normalized spacial score (nSPS) is 10.9. The summed E-state index contributed by atoms with van der Waals surface area (Å²) in [6.45, 7) is 3.55. The summed E-state index contributed by atoms with van der Waals surface area (Å²) in [6, 6.07) is 0. The van der Waals surface area contributed by atoms with E-state index < -0.39 is 0 Å². The number of hydrogen-bond donors (Lipinski definition) is 1. The van der Waals surface area contributed by atoms with Crippen molar-refractivity contribution in [1.29, 1.82) is 0 Å². The number of methoxy groups -OCH3 is 1. The van der Waals surface area contributed by atoms with Gasteiger partial charge < -0.3 is 15.2 Å². The molecule has 6 heteroatoms. The number of ether oxygens (including phenoxy) is 2. The fourth-order valence-electron chi connectivity index (χ4n) is 1.41. The van der Waals surface area contributed by atoms with E-state index >= 15 is 0 Å². The van der Waals surface area contributed by atoms with Gasteiger partial charge in [-0.05, 0) is 25.8 Å². The molecule has 0 saturated carbocycles. The maximum Gasteiger partial charge on any atom is 0.0827 e. The molecule has 6 nitrogen and oxygen atoms in total. The molecule has 0 aliphatic rings. The Morgan fingerprint density at radius 3 is 2.94 bits per heavy atom. The number of nitrogens with zero attached hydrogens (tertiary/aromatic N) is 3. The summed E-state index contributed by atoms with van der Waals surface area (Å²) in [5, 5.41) is 8.09. The molecule has 98 valence electrons. The Hall–Kier alpha value is -0.980. The molecule has 0 amide bonds. The SMILES string of the molecule is COCCCOCCn1cc(CCCN)nn1. The predicted octanol–water partition coefficient (Wildman–Crippen LogP) is 0.223. The van der Waals surface area contributed by atoms with E-state index in [4.69, 9.17) is 15.2 Å². The van der Waals surface area contributed by atoms with E-state index in [2.05, 4.69) is 10.3 Å². The topological polar surface area (TPSA) is 75.2 Å². The Kier molecular flexibility index (Phi) is 7.53. The lowest BCUT2D eigenvalue weighted by molar-refractivity contribution is 0.0958. The zero-order chi connectivity index (χ0) is 12.3. The molecule has 2 N–H and O–H groups in total. The van der Waals surface area contributed by atoms with Crippen molar-refractivity contribution in [3.05, 3.63) is 11.9 Å². The lowest BCUT2D eigenvalue weighted by Gasteiger charge is -2.03. The van der Waals surface area contributed by atoms with E-state index in [9.17, 15) is 0 Å². The van der Waals surface area contributed by atoms with Crippen LogP contribution in [0.4, 0.5) is 0 Å². The standard InChI is InChI=1S/C11H22N4O2/c1-16-7-3-8-17-9-6-15-10-11(13-14-15)4-2-5-12/h10H,2-9,12H2,1H3. The summed E-state index contributed by atoms with van der Waals surface area (Å²) in [7, 11) is 1.69. The molecule has 1 aromatic heterocycles. The highest BCUT2D eigenvalue weighted by Gasteiger charge is 1.99. The van der Waals surface area contributed by atoms with Gasteiger partial charge >= 0.3 is 0 Å². The third kappa shape index (κ3) is 6.35. The predicted molar refractivity (Wildman–Crippen MR) is 64.7 cm³/mol. The van der Waals surface area contributed by atoms with Gasteiger partial charge in [0.1, 0.15) is 0 Å². The van der Waals surface area contributed by atoms with Crippen LogP contribution < -0.4 is 5.73 Å². The molecule has 1 aromatic rings. The first-order valence-electron chi connectivity index (χ1n) is 6.02. The Morgan fingerprint density at radius 2 is 2.18 bits per heavy atom. The largest absolute Gasteiger partial charge is 0.385 e. The van der Waals surface area contributed by atoms with E-state index in [0.29, 0.717) is 13.2 Å². The van der Waals surface area contributed by atoms with Crippen LogP contribution in [-0.4, -0.2) is 48.5 Å². The van der Waals surface area contributed by atoms with Crippen LogP contribution in [0.15, 0.2) is 6.20 Å². The smallest absolute Gasteiger partial charge is 0.0827 e. The van der Waals surface area contributed by atoms with Crippen LogP contribution >= 0.6 is 0 Å². The lowest BCUT2D eigenvalue weighted by Crippen LogP contribution is -2.08. The molecule has 0 aromatic carbocycles. The number of aryl methyl sites for hydroxylation is 1. The van der Waals surface area contributed by atoms with E-state index in [1.807, 2.05) is 10.9 Å². The zero-order valence-corrected chi connectivity index (χ0v) is 10.5. The minimum atomic E-state index is 0.656. The van der Waals surface area contributed by atoms with E-state index in [1.165, 1.54) is 0 Å². The lowest BCUT2D eigenvalue weighted by atomic mass is 10.2. The van der Waals surface area contributed by atoms with Gasteiger partial charge in [-0.3, -0.25) is 0 Å². The fraction of sp³-hybridized carbons (Fsp3) is 0.818. The Bertz CT molecular complexity index is 291. The molecule has 1 rings (SSSR count). The van der Waals surface area contributed by atoms with Gasteiger partial charge in [-0.25, -0.2) is 4.68 Å². The van der Waals surface area contributed by atoms with Gasteiger partial charge in [0.05, 0.1) is 18.8 Å². The molecular weight excluding hydrogens is 220 g/mol. The molecule has 0 unspecified atom stereocenters. The van der Waals surface area contributed by atoms with Gasteiger partial charge in [-0.1, -0.05) is 5.21 Å². The van der Waals surface area contributed by atoms with Crippen LogP contribution in [0, 0.1) is 0 Å². The monoisotopic (exact) mass is 242 g/mol. The number of hydrogen-bond acceptors (Lipinski definition) is 5. The molecule has 0 radical (unpaired) electrons. The molecule has 1 heterocycles. The average molecular weight is 242 g/mol. The van der Waals surface area contributed by atoms with Gasteiger partial charge in [-0.15, -0.1) is 5.10 Å². The second kappa shape index (κ2) is 9.09. The summed E-state index contributed by atoms with van der Waals surface area (Å²) in [6.07, 6.45) is 4.72. The Balaban J connectivity index is 2.08. The van der Waals surface area contributed by atoms with Gasteiger partial charge in [-0.2, -0.15) is 0 Å². The highest BCUT2D eigenvalue weighted by molar-refractivity contribution is 4.92. The maximum absolute atomic E-state index is 5.44. The second-order valence-corrected chi connectivity index (χ2v) is 3.82. The van der Waals surface area contributed by atoms with Gasteiger partial charge in [0.25, 0.3) is 0 Å². The van der Waals surface area contributed by atoms with Crippen LogP contribution in [0.25, 0.3) is 0 Å². The summed E-state index contributed by atoms with van der Waals surface area (Å²) in [4.78, 5) is 0.